The van der Waals surface area contributed by atoms with Gasteiger partial charge in [-0.15, -0.1) is 0 Å². The zero-order valence-electron chi connectivity index (χ0n) is 16.7. The van der Waals surface area contributed by atoms with Gasteiger partial charge in [0, 0.05) is 43.1 Å². The largest absolute Gasteiger partial charge is 0.497 e. The molecule has 1 aliphatic heterocycles. The van der Waals surface area contributed by atoms with Crippen LogP contribution >= 0.6 is 0 Å². The molecule has 2 amide bonds. The molecule has 29 heavy (non-hydrogen) atoms. The van der Waals surface area contributed by atoms with Gasteiger partial charge in [-0.25, -0.2) is 0 Å². The number of hydrogen-bond donors (Lipinski definition) is 1. The third-order valence-corrected chi connectivity index (χ3v) is 4.93. The quantitative estimate of drug-likeness (QED) is 0.601. The van der Waals surface area contributed by atoms with Gasteiger partial charge in [-0.05, 0) is 43.3 Å². The molecule has 1 fully saturated rings. The number of methoxy groups -OCH3 is 1. The fourth-order valence-corrected chi connectivity index (χ4v) is 3.28. The Hall–Kier alpha value is -3.35. The van der Waals surface area contributed by atoms with Gasteiger partial charge in [0.2, 0.25) is 11.8 Å². The standard InChI is InChI=1S/C22H25N3O4/c1-16(26)17-4-3-5-18(14-17)23-21(27)15-22(28)25-12-10-24(11-13-25)19-6-8-20(29-2)9-7-19/h3-9,14H,10-13,15H2,1-2H3,(H,23,27). The molecule has 2 aromatic rings. The Bertz CT molecular complexity index is 887. The summed E-state index contributed by atoms with van der Waals surface area (Å²) in [7, 11) is 1.63. The molecule has 0 aromatic heterocycles. The number of ketones is 1. The third kappa shape index (κ3) is 5.34. The predicted molar refractivity (Wildman–Crippen MR) is 111 cm³/mol. The van der Waals surface area contributed by atoms with Gasteiger partial charge in [0.05, 0.1) is 7.11 Å². The number of carbonyl (C=O) groups excluding carboxylic acids is 3. The Labute approximate surface area is 170 Å². The molecule has 0 radical (unpaired) electrons. The highest BCUT2D eigenvalue weighted by Gasteiger charge is 2.23. The average molecular weight is 395 g/mol. The minimum atomic E-state index is -0.381. The molecule has 3 rings (SSSR count). The van der Waals surface area contributed by atoms with E-state index in [2.05, 4.69) is 10.2 Å². The summed E-state index contributed by atoms with van der Waals surface area (Å²) in [4.78, 5) is 40.1. The lowest BCUT2D eigenvalue weighted by Crippen LogP contribution is -2.49. The van der Waals surface area contributed by atoms with Crippen molar-refractivity contribution in [3.05, 3.63) is 54.1 Å². The van der Waals surface area contributed by atoms with Gasteiger partial charge in [0.15, 0.2) is 5.78 Å². The van der Waals surface area contributed by atoms with Gasteiger partial charge < -0.3 is 19.9 Å². The molecule has 7 heteroatoms. The van der Waals surface area contributed by atoms with Crippen LogP contribution in [0.25, 0.3) is 0 Å². The fourth-order valence-electron chi connectivity index (χ4n) is 3.28. The van der Waals surface area contributed by atoms with Crippen molar-refractivity contribution in [2.75, 3.05) is 43.5 Å². The van der Waals surface area contributed by atoms with Gasteiger partial charge in [0.1, 0.15) is 12.2 Å². The molecule has 2 aromatic carbocycles. The van der Waals surface area contributed by atoms with E-state index in [4.69, 9.17) is 4.74 Å². The van der Waals surface area contributed by atoms with Gasteiger partial charge in [0.25, 0.3) is 0 Å². The van der Waals surface area contributed by atoms with Crippen molar-refractivity contribution in [2.24, 2.45) is 0 Å². The highest BCUT2D eigenvalue weighted by atomic mass is 16.5. The molecule has 1 heterocycles. The second-order valence-electron chi connectivity index (χ2n) is 6.93. The van der Waals surface area contributed by atoms with Crippen LogP contribution in [-0.2, 0) is 9.59 Å². The number of carbonyl (C=O) groups is 3. The number of hydrogen-bond acceptors (Lipinski definition) is 5. The van der Waals surface area contributed by atoms with Crippen LogP contribution in [0.4, 0.5) is 11.4 Å². The lowest BCUT2D eigenvalue weighted by atomic mass is 10.1. The maximum absolute atomic E-state index is 12.5. The molecular formula is C22H25N3O4. The van der Waals surface area contributed by atoms with Crippen molar-refractivity contribution in [2.45, 2.75) is 13.3 Å². The Morgan fingerprint density at radius 1 is 1.00 bits per heavy atom. The van der Waals surface area contributed by atoms with E-state index in [1.165, 1.54) is 6.92 Å². The number of ether oxygens (including phenoxy) is 1. The van der Waals surface area contributed by atoms with Crippen LogP contribution in [0.5, 0.6) is 5.75 Å². The number of piperazine rings is 1. The summed E-state index contributed by atoms with van der Waals surface area (Å²) in [6.45, 7) is 4.02. The monoisotopic (exact) mass is 395 g/mol. The van der Waals surface area contributed by atoms with E-state index < -0.39 is 0 Å². The van der Waals surface area contributed by atoms with Gasteiger partial charge in [-0.3, -0.25) is 14.4 Å². The van der Waals surface area contributed by atoms with Crippen molar-refractivity contribution in [3.63, 3.8) is 0 Å². The molecular weight excluding hydrogens is 370 g/mol. The minimum Gasteiger partial charge on any atom is -0.497 e. The summed E-state index contributed by atoms with van der Waals surface area (Å²) in [6, 6.07) is 14.5. The van der Waals surface area contributed by atoms with Gasteiger partial charge >= 0.3 is 0 Å². The minimum absolute atomic E-state index is 0.0769. The molecule has 1 saturated heterocycles. The maximum Gasteiger partial charge on any atom is 0.233 e. The molecule has 1 N–H and O–H groups in total. The highest BCUT2D eigenvalue weighted by Crippen LogP contribution is 2.20. The summed E-state index contributed by atoms with van der Waals surface area (Å²) >= 11 is 0. The lowest BCUT2D eigenvalue weighted by molar-refractivity contribution is -0.134. The molecule has 0 aliphatic carbocycles. The van der Waals surface area contributed by atoms with Gasteiger partial charge in [-0.1, -0.05) is 12.1 Å². The average Bonchev–Trinajstić information content (AvgIpc) is 2.74. The maximum atomic E-state index is 12.5. The van der Waals surface area contributed by atoms with Crippen LogP contribution in [-0.4, -0.2) is 55.8 Å². The molecule has 0 unspecified atom stereocenters. The molecule has 0 bridgehead atoms. The van der Waals surface area contributed by atoms with E-state index in [0.717, 1.165) is 11.4 Å². The number of anilines is 2. The Balaban J connectivity index is 1.49. The molecule has 0 saturated carbocycles. The first-order valence-corrected chi connectivity index (χ1v) is 9.54. The highest BCUT2D eigenvalue weighted by molar-refractivity contribution is 6.04. The number of nitrogens with zero attached hydrogens (tertiary/aromatic N) is 2. The topological polar surface area (TPSA) is 79.0 Å². The molecule has 0 spiro atoms. The zero-order chi connectivity index (χ0) is 20.8. The van der Waals surface area contributed by atoms with E-state index in [0.29, 0.717) is 37.4 Å². The summed E-state index contributed by atoms with van der Waals surface area (Å²) in [6.07, 6.45) is -0.215. The first kappa shape index (κ1) is 20.4. The summed E-state index contributed by atoms with van der Waals surface area (Å²) in [5, 5.41) is 2.69. The number of rotatable bonds is 6. The smallest absolute Gasteiger partial charge is 0.233 e. The molecule has 0 atom stereocenters. The van der Waals surface area contributed by atoms with Crippen LogP contribution < -0.4 is 15.0 Å². The van der Waals surface area contributed by atoms with Crippen molar-refractivity contribution in [3.8, 4) is 5.75 Å². The first-order valence-electron chi connectivity index (χ1n) is 9.54. The van der Waals surface area contributed by atoms with Crippen LogP contribution in [0, 0.1) is 0 Å². The second kappa shape index (κ2) is 9.23. The first-order chi connectivity index (χ1) is 14.0. The summed E-state index contributed by atoms with van der Waals surface area (Å²) in [5.74, 6) is 0.155. The Morgan fingerprint density at radius 2 is 1.69 bits per heavy atom. The SMILES string of the molecule is COc1ccc(N2CCN(C(=O)CC(=O)Nc3cccc(C(C)=O)c3)CC2)cc1. The zero-order valence-corrected chi connectivity index (χ0v) is 16.7. The van der Waals surface area contributed by atoms with Gasteiger partial charge in [-0.2, -0.15) is 0 Å². The Morgan fingerprint density at radius 3 is 2.31 bits per heavy atom. The summed E-state index contributed by atoms with van der Waals surface area (Å²) < 4.78 is 5.18. The van der Waals surface area contributed by atoms with Crippen molar-refractivity contribution >= 4 is 29.0 Å². The summed E-state index contributed by atoms with van der Waals surface area (Å²) in [5.41, 5.74) is 2.12. The molecule has 1 aliphatic rings. The van der Waals surface area contributed by atoms with Crippen molar-refractivity contribution < 1.29 is 19.1 Å². The number of nitrogens with one attached hydrogen (secondary N) is 1. The van der Waals surface area contributed by atoms with E-state index in [-0.39, 0.29) is 24.0 Å². The normalized spacial score (nSPS) is 13.7. The lowest BCUT2D eigenvalue weighted by Gasteiger charge is -2.36. The van der Waals surface area contributed by atoms with Crippen LogP contribution in [0.15, 0.2) is 48.5 Å². The van der Waals surface area contributed by atoms with Crippen molar-refractivity contribution in [1.29, 1.82) is 0 Å². The fraction of sp³-hybridized carbons (Fsp3) is 0.318. The second-order valence-corrected chi connectivity index (χ2v) is 6.93. The van der Waals surface area contributed by atoms with E-state index in [1.54, 1.807) is 36.3 Å². The van der Waals surface area contributed by atoms with E-state index >= 15 is 0 Å². The Kier molecular flexibility index (Phi) is 6.49. The number of benzene rings is 2. The van der Waals surface area contributed by atoms with Crippen LogP contribution in [0.1, 0.15) is 23.7 Å². The third-order valence-electron chi connectivity index (χ3n) is 4.93. The predicted octanol–water partition coefficient (Wildman–Crippen LogP) is 2.58. The van der Waals surface area contributed by atoms with E-state index in [9.17, 15) is 14.4 Å². The van der Waals surface area contributed by atoms with Crippen LogP contribution in [0.3, 0.4) is 0 Å². The van der Waals surface area contributed by atoms with E-state index in [1.807, 2.05) is 24.3 Å². The number of amides is 2. The van der Waals surface area contributed by atoms with Crippen LogP contribution in [0.2, 0.25) is 0 Å². The molecule has 7 nitrogen and oxygen atoms in total. The number of Topliss-reactive ketones (excluding diaryl/α,β-unsaturated/α-hetero) is 1. The van der Waals surface area contributed by atoms with Crippen molar-refractivity contribution in [1.82, 2.24) is 4.90 Å². The molecule has 152 valence electrons.